The number of ketones is 1. The molecule has 3 rings (SSSR count). The monoisotopic (exact) mass is 531 g/mol. The topological polar surface area (TPSA) is 103 Å². The molecule has 200 valence electrons. The number of ether oxygens (including phenoxy) is 1. The molecule has 3 heterocycles. The van der Waals surface area contributed by atoms with E-state index in [-0.39, 0.29) is 54.1 Å². The minimum atomic E-state index is -4.77. The lowest BCUT2D eigenvalue weighted by molar-refractivity contribution is -0.142. The van der Waals surface area contributed by atoms with Gasteiger partial charge in [-0.3, -0.25) is 9.48 Å². The smallest absolute Gasteiger partial charge is 0.435 e. The highest BCUT2D eigenvalue weighted by Gasteiger charge is 2.38. The average Bonchev–Trinajstić information content (AvgIpc) is 3.19. The second-order valence-electron chi connectivity index (χ2n) is 8.31. The Morgan fingerprint density at radius 1 is 1.08 bits per heavy atom. The van der Waals surface area contributed by atoms with Gasteiger partial charge in [-0.2, -0.15) is 36.5 Å². The Labute approximate surface area is 207 Å². The summed E-state index contributed by atoms with van der Waals surface area (Å²) in [6.45, 7) is 2.32. The van der Waals surface area contributed by atoms with Crippen molar-refractivity contribution in [3.05, 3.63) is 52.1 Å². The van der Waals surface area contributed by atoms with Crippen molar-refractivity contribution in [3.63, 3.8) is 0 Å². The van der Waals surface area contributed by atoms with Crippen molar-refractivity contribution in [2.75, 3.05) is 13.2 Å². The molecule has 14 heteroatoms. The van der Waals surface area contributed by atoms with Gasteiger partial charge in [-0.15, -0.1) is 5.10 Å². The van der Waals surface area contributed by atoms with Gasteiger partial charge in [0.2, 0.25) is 5.88 Å². The van der Waals surface area contributed by atoms with Crippen LogP contribution in [-0.4, -0.2) is 49.1 Å². The number of aryl methyl sites for hydroxylation is 3. The van der Waals surface area contributed by atoms with Crippen LogP contribution in [0.1, 0.15) is 40.2 Å². The van der Waals surface area contributed by atoms with Gasteiger partial charge in [-0.25, -0.2) is 4.98 Å². The summed E-state index contributed by atoms with van der Waals surface area (Å²) < 4.78 is 85.8. The number of alkyl halides is 6. The molecule has 0 unspecified atom stereocenters. The first-order valence-electron chi connectivity index (χ1n) is 11.0. The Morgan fingerprint density at radius 3 is 2.38 bits per heavy atom. The quantitative estimate of drug-likeness (QED) is 0.416. The minimum Gasteiger partial charge on any atom is -0.475 e. The van der Waals surface area contributed by atoms with E-state index in [9.17, 15) is 31.1 Å². The lowest BCUT2D eigenvalue weighted by atomic mass is 10.00. The largest absolute Gasteiger partial charge is 0.475 e. The maximum Gasteiger partial charge on any atom is 0.435 e. The molecule has 3 aromatic heterocycles. The molecule has 37 heavy (non-hydrogen) atoms. The molecule has 0 amide bonds. The van der Waals surface area contributed by atoms with E-state index < -0.39 is 36.1 Å². The molecule has 0 aliphatic heterocycles. The molecule has 1 N–H and O–H groups in total. The molecule has 0 aliphatic carbocycles. The van der Waals surface area contributed by atoms with Crippen molar-refractivity contribution in [3.8, 4) is 17.1 Å². The summed E-state index contributed by atoms with van der Waals surface area (Å²) in [6.07, 6.45) is -8.61. The predicted octanol–water partition coefficient (Wildman–Crippen LogP) is 4.04. The molecule has 8 nitrogen and oxygen atoms in total. The highest BCUT2D eigenvalue weighted by molar-refractivity contribution is 5.81. The van der Waals surface area contributed by atoms with Gasteiger partial charge >= 0.3 is 12.4 Å². The van der Waals surface area contributed by atoms with Crippen LogP contribution in [0.25, 0.3) is 11.3 Å². The van der Waals surface area contributed by atoms with Crippen LogP contribution in [0.5, 0.6) is 5.88 Å². The molecular weight excluding hydrogens is 508 g/mol. The van der Waals surface area contributed by atoms with Crippen LogP contribution in [0.4, 0.5) is 26.3 Å². The zero-order valence-corrected chi connectivity index (χ0v) is 20.0. The van der Waals surface area contributed by atoms with Crippen LogP contribution in [0.3, 0.4) is 0 Å². The SMILES string of the molecule is Cc1cc(CCC(=O)Cc2cc(C(F)(F)F)nc(OCCO)c2C)nnc1-c1cn(C)nc1C(F)(F)F. The number of hydrogen-bond acceptors (Lipinski definition) is 7. The number of aliphatic hydroxyl groups is 1. The first-order chi connectivity index (χ1) is 17.2. The lowest BCUT2D eigenvalue weighted by Gasteiger charge is -2.15. The molecule has 0 saturated heterocycles. The molecule has 0 aromatic carbocycles. The van der Waals surface area contributed by atoms with E-state index in [0.29, 0.717) is 11.3 Å². The van der Waals surface area contributed by atoms with Crippen LogP contribution in [0.15, 0.2) is 18.3 Å². The fraction of sp³-hybridized carbons (Fsp3) is 0.435. The third kappa shape index (κ3) is 6.81. The number of nitrogens with zero attached hydrogens (tertiary/aromatic N) is 5. The Hall–Kier alpha value is -3.55. The number of pyridine rings is 1. The molecule has 0 bridgehead atoms. The zero-order chi connectivity index (χ0) is 27.5. The first-order valence-corrected chi connectivity index (χ1v) is 11.0. The van der Waals surface area contributed by atoms with Crippen molar-refractivity contribution in [2.45, 2.75) is 45.5 Å². The molecule has 0 saturated carbocycles. The second-order valence-corrected chi connectivity index (χ2v) is 8.31. The van der Waals surface area contributed by atoms with Crippen LogP contribution in [0, 0.1) is 13.8 Å². The number of halogens is 6. The van der Waals surface area contributed by atoms with E-state index in [0.717, 1.165) is 10.7 Å². The highest BCUT2D eigenvalue weighted by atomic mass is 19.4. The van der Waals surface area contributed by atoms with Crippen molar-refractivity contribution in [1.82, 2.24) is 25.0 Å². The molecule has 0 spiro atoms. The summed E-state index contributed by atoms with van der Waals surface area (Å²) >= 11 is 0. The number of aliphatic hydroxyl groups excluding tert-OH is 1. The van der Waals surface area contributed by atoms with Gasteiger partial charge in [0.15, 0.2) is 5.69 Å². The molecule has 3 aromatic rings. The van der Waals surface area contributed by atoms with Gasteiger partial charge in [0.1, 0.15) is 18.1 Å². The standard InChI is InChI=1S/C23H23F6N5O3/c1-12-8-15(31-32-19(12)17-11-34(3)33-20(17)23(27,28)29)4-5-16(36)9-14-10-18(22(24,25)26)30-21(13(14)2)37-7-6-35/h8,10-11,35H,4-7,9H2,1-3H3. The summed E-state index contributed by atoms with van der Waals surface area (Å²) in [7, 11) is 1.35. The number of aromatic nitrogens is 5. The fourth-order valence-electron chi connectivity index (χ4n) is 3.62. The summed E-state index contributed by atoms with van der Waals surface area (Å²) in [5.74, 6) is -0.719. The summed E-state index contributed by atoms with van der Waals surface area (Å²) in [5.41, 5.74) is -1.50. The Kier molecular flexibility index (Phi) is 8.20. The molecule has 0 fully saturated rings. The molecule has 0 aliphatic rings. The second kappa shape index (κ2) is 10.8. The number of carbonyl (C=O) groups excluding carboxylic acids is 1. The molecular formula is C23H23F6N5O3. The van der Waals surface area contributed by atoms with Crippen molar-refractivity contribution >= 4 is 5.78 Å². The predicted molar refractivity (Wildman–Crippen MR) is 118 cm³/mol. The Balaban J connectivity index is 1.75. The summed E-state index contributed by atoms with van der Waals surface area (Å²) in [6, 6.07) is 2.28. The number of carbonyl (C=O) groups is 1. The van der Waals surface area contributed by atoms with E-state index in [1.54, 1.807) is 6.92 Å². The maximum absolute atomic E-state index is 13.3. The third-order valence-corrected chi connectivity index (χ3v) is 5.39. The van der Waals surface area contributed by atoms with Gasteiger partial charge in [0.25, 0.3) is 0 Å². The first kappa shape index (κ1) is 28.0. The van der Waals surface area contributed by atoms with Crippen LogP contribution in [0.2, 0.25) is 0 Å². The van der Waals surface area contributed by atoms with E-state index in [4.69, 9.17) is 9.84 Å². The Bertz CT molecular complexity index is 1290. The fourth-order valence-corrected chi connectivity index (χ4v) is 3.62. The van der Waals surface area contributed by atoms with E-state index in [1.807, 2.05) is 0 Å². The molecule has 0 atom stereocenters. The van der Waals surface area contributed by atoms with Crippen LogP contribution in [-0.2, 0) is 37.0 Å². The van der Waals surface area contributed by atoms with Gasteiger partial charge in [-0.05, 0) is 43.5 Å². The summed E-state index contributed by atoms with van der Waals surface area (Å²) in [4.78, 5) is 16.0. The van der Waals surface area contributed by atoms with E-state index in [1.165, 1.54) is 26.2 Å². The van der Waals surface area contributed by atoms with Crippen molar-refractivity contribution in [1.29, 1.82) is 0 Å². The lowest BCUT2D eigenvalue weighted by Crippen LogP contribution is -2.15. The highest BCUT2D eigenvalue weighted by Crippen LogP contribution is 2.36. The van der Waals surface area contributed by atoms with Crippen LogP contribution >= 0.6 is 0 Å². The van der Waals surface area contributed by atoms with Gasteiger partial charge < -0.3 is 9.84 Å². The van der Waals surface area contributed by atoms with Crippen molar-refractivity contribution in [2.24, 2.45) is 7.05 Å². The zero-order valence-electron chi connectivity index (χ0n) is 20.0. The van der Waals surface area contributed by atoms with Gasteiger partial charge in [-0.1, -0.05) is 0 Å². The minimum absolute atomic E-state index is 0.00185. The number of Topliss-reactive ketones (excluding diaryl/α,β-unsaturated/α-hetero) is 1. The average molecular weight is 531 g/mol. The van der Waals surface area contributed by atoms with Gasteiger partial charge in [0, 0.05) is 31.6 Å². The maximum atomic E-state index is 13.3. The Morgan fingerprint density at radius 2 is 1.78 bits per heavy atom. The van der Waals surface area contributed by atoms with Crippen molar-refractivity contribution < 1.29 is 41.0 Å². The normalized spacial score (nSPS) is 12.2. The van der Waals surface area contributed by atoms with Gasteiger partial charge in [0.05, 0.1) is 23.6 Å². The van der Waals surface area contributed by atoms with Crippen LogP contribution < -0.4 is 4.74 Å². The van der Waals surface area contributed by atoms with E-state index >= 15 is 0 Å². The van der Waals surface area contributed by atoms with E-state index in [2.05, 4.69) is 20.3 Å². The third-order valence-electron chi connectivity index (χ3n) is 5.39. The summed E-state index contributed by atoms with van der Waals surface area (Å²) in [5, 5.41) is 20.2. The number of rotatable bonds is 9. The molecule has 0 radical (unpaired) electrons. The number of hydrogen-bond donors (Lipinski definition) is 1.